The minimum atomic E-state index is -3.73. The number of aryl methyl sites for hydroxylation is 2. The van der Waals surface area contributed by atoms with Crippen molar-refractivity contribution in [2.75, 3.05) is 18.0 Å². The fraction of sp³-hybridized carbons (Fsp3) is 0.333. The molecule has 0 spiro atoms. The highest BCUT2D eigenvalue weighted by atomic mass is 32.2. The first-order valence-corrected chi connectivity index (χ1v) is 8.57. The Morgan fingerprint density at radius 1 is 1.26 bits per heavy atom. The predicted octanol–water partition coefficient (Wildman–Crippen LogP) is 1.62. The number of nitrogens with one attached hydrogen (secondary N) is 1. The summed E-state index contributed by atoms with van der Waals surface area (Å²) in [5.41, 5.74) is 1.03. The predicted molar refractivity (Wildman–Crippen MR) is 85.6 cm³/mol. The van der Waals surface area contributed by atoms with Gasteiger partial charge in [0.05, 0.1) is 0 Å². The maximum absolute atomic E-state index is 12.3. The Morgan fingerprint density at radius 3 is 2.43 bits per heavy atom. The molecule has 1 N–H and O–H groups in total. The second-order valence-electron chi connectivity index (χ2n) is 5.06. The zero-order valence-electron chi connectivity index (χ0n) is 13.2. The van der Waals surface area contributed by atoms with Crippen LogP contribution in [-0.2, 0) is 14.8 Å². The number of carbonyl (C=O) groups excluding carboxylic acids is 1. The molecule has 2 rings (SSSR count). The van der Waals surface area contributed by atoms with E-state index in [1.54, 1.807) is 26.0 Å². The molecule has 1 aromatic heterocycles. The lowest BCUT2D eigenvalue weighted by molar-refractivity contribution is -0.116. The van der Waals surface area contributed by atoms with E-state index in [9.17, 15) is 13.2 Å². The van der Waals surface area contributed by atoms with Gasteiger partial charge in [0.15, 0.2) is 5.76 Å². The van der Waals surface area contributed by atoms with Gasteiger partial charge in [-0.3, -0.25) is 4.79 Å². The van der Waals surface area contributed by atoms with Gasteiger partial charge in [-0.2, -0.15) is 0 Å². The number of benzene rings is 1. The van der Waals surface area contributed by atoms with Crippen LogP contribution in [0.25, 0.3) is 0 Å². The number of para-hydroxylation sites is 1. The van der Waals surface area contributed by atoms with Gasteiger partial charge in [-0.25, -0.2) is 13.1 Å². The van der Waals surface area contributed by atoms with Crippen molar-refractivity contribution >= 4 is 21.6 Å². The summed E-state index contributed by atoms with van der Waals surface area (Å²) in [6.45, 7) is 4.86. The molecule has 0 fully saturated rings. The highest BCUT2D eigenvalue weighted by molar-refractivity contribution is 7.89. The van der Waals surface area contributed by atoms with Crippen LogP contribution < -0.4 is 9.62 Å². The number of aromatic nitrogens is 1. The molecule has 0 saturated carbocycles. The molecule has 8 heteroatoms. The highest BCUT2D eigenvalue weighted by Gasteiger charge is 2.24. The normalized spacial score (nSPS) is 11.4. The van der Waals surface area contributed by atoms with Crippen molar-refractivity contribution in [2.45, 2.75) is 25.7 Å². The zero-order chi connectivity index (χ0) is 17.0. The van der Waals surface area contributed by atoms with Gasteiger partial charge in [0.1, 0.15) is 10.6 Å². The average Bonchev–Trinajstić information content (AvgIpc) is 2.84. The molecule has 1 aromatic carbocycles. The van der Waals surface area contributed by atoms with Crippen molar-refractivity contribution in [2.24, 2.45) is 0 Å². The summed E-state index contributed by atoms with van der Waals surface area (Å²) in [6, 6.07) is 9.08. The van der Waals surface area contributed by atoms with Crippen LogP contribution >= 0.6 is 0 Å². The van der Waals surface area contributed by atoms with E-state index in [0.717, 1.165) is 5.69 Å². The van der Waals surface area contributed by atoms with Gasteiger partial charge in [-0.15, -0.1) is 0 Å². The quantitative estimate of drug-likeness (QED) is 0.865. The van der Waals surface area contributed by atoms with E-state index in [1.807, 2.05) is 18.2 Å². The lowest BCUT2D eigenvalue weighted by Crippen LogP contribution is -2.37. The smallest absolute Gasteiger partial charge is 0.246 e. The highest BCUT2D eigenvalue weighted by Crippen LogP contribution is 2.18. The number of hydrogen-bond acceptors (Lipinski definition) is 5. The Labute approximate surface area is 135 Å². The van der Waals surface area contributed by atoms with Gasteiger partial charge in [0.2, 0.25) is 15.9 Å². The molecule has 0 bridgehead atoms. The van der Waals surface area contributed by atoms with E-state index >= 15 is 0 Å². The number of sulfonamides is 1. The molecule has 1 heterocycles. The molecule has 1 amide bonds. The molecule has 0 unspecified atom stereocenters. The summed E-state index contributed by atoms with van der Waals surface area (Å²) < 4.78 is 32.0. The number of nitrogens with zero attached hydrogens (tertiary/aromatic N) is 2. The molecule has 0 atom stereocenters. The molecule has 0 aliphatic carbocycles. The molecule has 7 nitrogen and oxygen atoms in total. The van der Waals surface area contributed by atoms with Crippen LogP contribution in [0.1, 0.15) is 18.4 Å². The van der Waals surface area contributed by atoms with Crippen molar-refractivity contribution in [3.63, 3.8) is 0 Å². The number of rotatable bonds is 6. The first-order valence-electron chi connectivity index (χ1n) is 7.08. The summed E-state index contributed by atoms with van der Waals surface area (Å²) in [5.74, 6) is 0.0780. The van der Waals surface area contributed by atoms with Crippen molar-refractivity contribution in [3.8, 4) is 0 Å². The van der Waals surface area contributed by atoms with E-state index < -0.39 is 10.0 Å². The minimum Gasteiger partial charge on any atom is -0.360 e. The summed E-state index contributed by atoms with van der Waals surface area (Å²) in [5, 5.41) is 3.64. The van der Waals surface area contributed by atoms with Crippen LogP contribution in [0.3, 0.4) is 0 Å². The van der Waals surface area contributed by atoms with E-state index in [1.165, 1.54) is 11.8 Å². The third-order valence-corrected chi connectivity index (χ3v) is 5.02. The summed E-state index contributed by atoms with van der Waals surface area (Å²) in [6.07, 6.45) is 0. The Morgan fingerprint density at radius 2 is 1.91 bits per heavy atom. The number of amides is 1. The third-order valence-electron chi connectivity index (χ3n) is 3.31. The summed E-state index contributed by atoms with van der Waals surface area (Å²) in [7, 11) is -3.73. The standard InChI is InChI=1S/C15H19N3O4S/c1-11-15(12(2)22-17-11)23(20,21)16-9-10-18(13(3)19)14-7-5-4-6-8-14/h4-8,16H,9-10H2,1-3H3. The van der Waals surface area contributed by atoms with Gasteiger partial charge in [0, 0.05) is 25.7 Å². The molecule has 0 aliphatic rings. The number of anilines is 1. The van der Waals surface area contributed by atoms with Crippen LogP contribution in [0.15, 0.2) is 39.8 Å². The third kappa shape index (κ3) is 3.96. The molecular formula is C15H19N3O4S. The lowest BCUT2D eigenvalue weighted by Gasteiger charge is -2.21. The Kier molecular flexibility index (Phi) is 5.17. The van der Waals surface area contributed by atoms with Gasteiger partial charge in [0.25, 0.3) is 0 Å². The van der Waals surface area contributed by atoms with E-state index in [2.05, 4.69) is 9.88 Å². The van der Waals surface area contributed by atoms with Gasteiger partial charge in [-0.1, -0.05) is 23.4 Å². The fourth-order valence-electron chi connectivity index (χ4n) is 2.30. The average molecular weight is 337 g/mol. The van der Waals surface area contributed by atoms with Gasteiger partial charge < -0.3 is 9.42 Å². The van der Waals surface area contributed by atoms with Gasteiger partial charge >= 0.3 is 0 Å². The van der Waals surface area contributed by atoms with Crippen molar-refractivity contribution in [1.29, 1.82) is 0 Å². The van der Waals surface area contributed by atoms with E-state index in [-0.39, 0.29) is 29.7 Å². The van der Waals surface area contributed by atoms with Gasteiger partial charge in [-0.05, 0) is 26.0 Å². The SMILES string of the molecule is CC(=O)N(CCNS(=O)(=O)c1c(C)noc1C)c1ccccc1. The van der Waals surface area contributed by atoms with Crippen molar-refractivity contribution < 1.29 is 17.7 Å². The topological polar surface area (TPSA) is 92.5 Å². The molecule has 124 valence electrons. The second kappa shape index (κ2) is 6.93. The molecule has 0 radical (unpaired) electrons. The Hall–Kier alpha value is -2.19. The van der Waals surface area contributed by atoms with Crippen LogP contribution in [0.4, 0.5) is 5.69 Å². The van der Waals surface area contributed by atoms with E-state index in [4.69, 9.17) is 4.52 Å². The van der Waals surface area contributed by atoms with Crippen LogP contribution in [0.5, 0.6) is 0 Å². The lowest BCUT2D eigenvalue weighted by atomic mass is 10.3. The molecule has 0 aliphatic heterocycles. The molecule has 23 heavy (non-hydrogen) atoms. The number of hydrogen-bond donors (Lipinski definition) is 1. The molecular weight excluding hydrogens is 318 g/mol. The second-order valence-corrected chi connectivity index (χ2v) is 6.76. The summed E-state index contributed by atoms with van der Waals surface area (Å²) in [4.78, 5) is 13.3. The number of carbonyl (C=O) groups is 1. The van der Waals surface area contributed by atoms with Crippen molar-refractivity contribution in [3.05, 3.63) is 41.8 Å². The maximum Gasteiger partial charge on any atom is 0.246 e. The molecule has 0 saturated heterocycles. The Balaban J connectivity index is 2.07. The fourth-order valence-corrected chi connectivity index (χ4v) is 3.64. The Bertz CT molecular complexity index is 765. The van der Waals surface area contributed by atoms with Crippen LogP contribution in [-0.4, -0.2) is 32.6 Å². The summed E-state index contributed by atoms with van der Waals surface area (Å²) >= 11 is 0. The zero-order valence-corrected chi connectivity index (χ0v) is 14.1. The van der Waals surface area contributed by atoms with Crippen LogP contribution in [0, 0.1) is 13.8 Å². The molecule has 2 aromatic rings. The van der Waals surface area contributed by atoms with Crippen molar-refractivity contribution in [1.82, 2.24) is 9.88 Å². The van der Waals surface area contributed by atoms with Crippen LogP contribution in [0.2, 0.25) is 0 Å². The monoisotopic (exact) mass is 337 g/mol. The first kappa shape index (κ1) is 17.2. The maximum atomic E-state index is 12.3. The minimum absolute atomic E-state index is 0.0478. The van der Waals surface area contributed by atoms with E-state index in [0.29, 0.717) is 5.69 Å². The first-order chi connectivity index (χ1) is 10.8. The largest absolute Gasteiger partial charge is 0.360 e.